The Morgan fingerprint density at radius 1 is 1.53 bits per heavy atom. The van der Waals surface area contributed by atoms with Gasteiger partial charge in [-0.2, -0.15) is 11.3 Å². The van der Waals surface area contributed by atoms with Gasteiger partial charge in [0.15, 0.2) is 5.96 Å². The van der Waals surface area contributed by atoms with Crippen LogP contribution in [0.4, 0.5) is 0 Å². The first-order valence-corrected chi connectivity index (χ1v) is 7.20. The Morgan fingerprint density at radius 3 is 2.94 bits per heavy atom. The van der Waals surface area contributed by atoms with Gasteiger partial charge in [0.25, 0.3) is 0 Å². The van der Waals surface area contributed by atoms with Crippen molar-refractivity contribution in [3.05, 3.63) is 22.4 Å². The van der Waals surface area contributed by atoms with E-state index < -0.39 is 0 Å². The van der Waals surface area contributed by atoms with E-state index >= 15 is 0 Å². The van der Waals surface area contributed by atoms with Crippen molar-refractivity contribution in [2.75, 3.05) is 20.1 Å². The van der Waals surface area contributed by atoms with Gasteiger partial charge >= 0.3 is 0 Å². The van der Waals surface area contributed by atoms with Crippen molar-refractivity contribution in [2.45, 2.75) is 25.7 Å². The number of guanidine groups is 1. The Morgan fingerprint density at radius 2 is 2.35 bits per heavy atom. The monoisotopic (exact) mass is 251 g/mol. The lowest BCUT2D eigenvalue weighted by atomic mass is 10.1. The topological polar surface area (TPSA) is 36.4 Å². The molecule has 0 amide bonds. The molecule has 1 aliphatic rings. The second-order valence-corrected chi connectivity index (χ2v) is 5.52. The summed E-state index contributed by atoms with van der Waals surface area (Å²) in [6.07, 6.45) is 2.74. The molecule has 3 nitrogen and oxygen atoms in total. The van der Waals surface area contributed by atoms with E-state index in [9.17, 15) is 0 Å². The summed E-state index contributed by atoms with van der Waals surface area (Å²) in [6, 6.07) is 2.19. The number of hydrogen-bond donors (Lipinski definition) is 2. The summed E-state index contributed by atoms with van der Waals surface area (Å²) in [7, 11) is 1.83. The predicted molar refractivity (Wildman–Crippen MR) is 74.8 cm³/mol. The van der Waals surface area contributed by atoms with Gasteiger partial charge in [-0.1, -0.05) is 6.92 Å². The maximum absolute atomic E-state index is 4.24. The molecule has 0 saturated heterocycles. The molecule has 0 spiro atoms. The number of thiophene rings is 1. The van der Waals surface area contributed by atoms with Crippen LogP contribution in [-0.2, 0) is 0 Å². The number of nitrogens with zero attached hydrogens (tertiary/aromatic N) is 1. The number of aliphatic imine (C=N–C) groups is 1. The quantitative estimate of drug-likeness (QED) is 0.623. The van der Waals surface area contributed by atoms with Crippen molar-refractivity contribution < 1.29 is 0 Å². The highest BCUT2D eigenvalue weighted by atomic mass is 32.1. The van der Waals surface area contributed by atoms with Crippen molar-refractivity contribution in [1.82, 2.24) is 10.6 Å². The number of nitrogens with one attached hydrogen (secondary N) is 2. The van der Waals surface area contributed by atoms with E-state index in [1.54, 1.807) is 11.3 Å². The fourth-order valence-electron chi connectivity index (χ4n) is 1.71. The first-order valence-electron chi connectivity index (χ1n) is 6.26. The zero-order valence-corrected chi connectivity index (χ0v) is 11.4. The molecular weight excluding hydrogens is 230 g/mol. The van der Waals surface area contributed by atoms with E-state index in [0.29, 0.717) is 5.92 Å². The molecule has 0 aliphatic heterocycles. The first kappa shape index (κ1) is 12.4. The molecule has 4 heteroatoms. The minimum atomic E-state index is 0.528. The Hall–Kier alpha value is -1.03. The molecule has 2 rings (SSSR count). The molecule has 17 heavy (non-hydrogen) atoms. The van der Waals surface area contributed by atoms with Gasteiger partial charge in [0.1, 0.15) is 0 Å². The van der Waals surface area contributed by atoms with Crippen molar-refractivity contribution in [1.29, 1.82) is 0 Å². The summed E-state index contributed by atoms with van der Waals surface area (Å²) in [5.41, 5.74) is 1.40. The van der Waals surface area contributed by atoms with Crippen molar-refractivity contribution in [2.24, 2.45) is 10.9 Å². The van der Waals surface area contributed by atoms with Crippen molar-refractivity contribution >= 4 is 17.3 Å². The molecule has 1 aromatic rings. The van der Waals surface area contributed by atoms with Gasteiger partial charge in [-0.25, -0.2) is 0 Å². The highest BCUT2D eigenvalue weighted by molar-refractivity contribution is 7.07. The van der Waals surface area contributed by atoms with Gasteiger partial charge < -0.3 is 10.6 Å². The zero-order valence-electron chi connectivity index (χ0n) is 10.6. The summed E-state index contributed by atoms with van der Waals surface area (Å²) in [5, 5.41) is 11.1. The molecular formula is C13H21N3S. The average molecular weight is 251 g/mol. The lowest BCUT2D eigenvalue weighted by Gasteiger charge is -2.15. The second-order valence-electron chi connectivity index (χ2n) is 4.74. The molecule has 1 saturated carbocycles. The van der Waals surface area contributed by atoms with Gasteiger partial charge in [0, 0.05) is 20.1 Å². The third-order valence-electron chi connectivity index (χ3n) is 3.17. The van der Waals surface area contributed by atoms with Crippen molar-refractivity contribution in [3.8, 4) is 0 Å². The van der Waals surface area contributed by atoms with Crippen molar-refractivity contribution in [3.63, 3.8) is 0 Å². The molecule has 1 aromatic heterocycles. The van der Waals surface area contributed by atoms with Gasteiger partial charge in [-0.15, -0.1) is 0 Å². The smallest absolute Gasteiger partial charge is 0.191 e. The van der Waals surface area contributed by atoms with Crippen LogP contribution in [0.15, 0.2) is 21.8 Å². The molecule has 1 unspecified atom stereocenters. The Balaban J connectivity index is 1.71. The van der Waals surface area contributed by atoms with E-state index in [0.717, 1.165) is 25.0 Å². The molecule has 1 aliphatic carbocycles. The molecule has 1 fully saturated rings. The van der Waals surface area contributed by atoms with Gasteiger partial charge in [0.2, 0.25) is 0 Å². The van der Waals surface area contributed by atoms with Crippen LogP contribution in [0, 0.1) is 5.92 Å². The summed E-state index contributed by atoms with van der Waals surface area (Å²) >= 11 is 1.76. The van der Waals surface area contributed by atoms with Crippen LogP contribution in [0.5, 0.6) is 0 Å². The van der Waals surface area contributed by atoms with Crippen LogP contribution in [0.3, 0.4) is 0 Å². The second kappa shape index (κ2) is 6.05. The van der Waals surface area contributed by atoms with Crippen LogP contribution < -0.4 is 10.6 Å². The van der Waals surface area contributed by atoms with Gasteiger partial charge in [-0.3, -0.25) is 4.99 Å². The highest BCUT2D eigenvalue weighted by Gasteiger charge is 2.21. The van der Waals surface area contributed by atoms with Crippen LogP contribution in [0.1, 0.15) is 31.2 Å². The molecule has 94 valence electrons. The molecule has 0 bridgehead atoms. The summed E-state index contributed by atoms with van der Waals surface area (Å²) in [5.74, 6) is 2.34. The molecule has 1 atom stereocenters. The van der Waals surface area contributed by atoms with Gasteiger partial charge in [0.05, 0.1) is 0 Å². The third-order valence-corrected chi connectivity index (χ3v) is 3.87. The Labute approximate surface area is 107 Å². The molecule has 0 aromatic carbocycles. The van der Waals surface area contributed by atoms with Crippen LogP contribution in [0.25, 0.3) is 0 Å². The lowest BCUT2D eigenvalue weighted by molar-refractivity contribution is 0.687. The maximum atomic E-state index is 4.24. The van der Waals surface area contributed by atoms with E-state index in [1.165, 1.54) is 18.4 Å². The number of rotatable bonds is 5. The first-order chi connectivity index (χ1) is 8.29. The van der Waals surface area contributed by atoms with E-state index in [1.807, 2.05) is 7.05 Å². The van der Waals surface area contributed by atoms with E-state index in [-0.39, 0.29) is 0 Å². The summed E-state index contributed by atoms with van der Waals surface area (Å²) < 4.78 is 0. The predicted octanol–water partition coefficient (Wildman–Crippen LogP) is 2.43. The van der Waals surface area contributed by atoms with Crippen LogP contribution in [0.2, 0.25) is 0 Å². The molecule has 0 radical (unpaired) electrons. The largest absolute Gasteiger partial charge is 0.356 e. The minimum Gasteiger partial charge on any atom is -0.356 e. The Kier molecular flexibility index (Phi) is 4.42. The van der Waals surface area contributed by atoms with Gasteiger partial charge in [-0.05, 0) is 47.1 Å². The van der Waals surface area contributed by atoms with E-state index in [2.05, 4.69) is 39.4 Å². The SMILES string of the molecule is CN=C(NCC1CC1)NCC(C)c1ccsc1. The fourth-order valence-corrected chi connectivity index (χ4v) is 2.49. The standard InChI is InChI=1S/C13H21N3S/c1-10(12-5-6-17-9-12)7-15-13(14-2)16-8-11-3-4-11/h5-6,9-11H,3-4,7-8H2,1-2H3,(H2,14,15,16). The Bertz CT molecular complexity index is 355. The minimum absolute atomic E-state index is 0.528. The average Bonchev–Trinajstić information content (AvgIpc) is 3.01. The molecule has 2 N–H and O–H groups in total. The lowest BCUT2D eigenvalue weighted by Crippen LogP contribution is -2.39. The fraction of sp³-hybridized carbons (Fsp3) is 0.615. The summed E-state index contributed by atoms with van der Waals surface area (Å²) in [4.78, 5) is 4.24. The summed E-state index contributed by atoms with van der Waals surface area (Å²) in [6.45, 7) is 4.23. The zero-order chi connectivity index (χ0) is 12.1. The van der Waals surface area contributed by atoms with Crippen LogP contribution >= 0.6 is 11.3 Å². The third kappa shape index (κ3) is 4.04. The highest BCUT2D eigenvalue weighted by Crippen LogP contribution is 2.27. The van der Waals surface area contributed by atoms with E-state index in [4.69, 9.17) is 0 Å². The number of hydrogen-bond acceptors (Lipinski definition) is 2. The maximum Gasteiger partial charge on any atom is 0.191 e. The van der Waals surface area contributed by atoms with Crippen LogP contribution in [-0.4, -0.2) is 26.1 Å². The normalized spacial score (nSPS) is 17.9. The molecule has 1 heterocycles.